The van der Waals surface area contributed by atoms with Crippen LogP contribution in [0.3, 0.4) is 0 Å². The maximum atomic E-state index is 11.5. The van der Waals surface area contributed by atoms with Crippen molar-refractivity contribution in [3.8, 4) is 0 Å². The molecule has 0 radical (unpaired) electrons. The maximum Gasteiger partial charge on any atom is 0.337 e. The summed E-state index contributed by atoms with van der Waals surface area (Å²) in [6.45, 7) is 3.93. The highest BCUT2D eigenvalue weighted by Gasteiger charge is 2.38. The monoisotopic (exact) mass is 211 g/mol. The third-order valence-electron chi connectivity index (χ3n) is 3.36. The van der Waals surface area contributed by atoms with Crippen LogP contribution >= 0.6 is 0 Å². The van der Waals surface area contributed by atoms with Gasteiger partial charge in [0.15, 0.2) is 0 Å². The van der Waals surface area contributed by atoms with E-state index in [-0.39, 0.29) is 12.1 Å². The zero-order chi connectivity index (χ0) is 10.8. The highest BCUT2D eigenvalue weighted by Crippen LogP contribution is 2.34. The van der Waals surface area contributed by atoms with Crippen molar-refractivity contribution in [1.82, 2.24) is 5.32 Å². The zero-order valence-corrected chi connectivity index (χ0v) is 9.16. The number of hydrogen-bond acceptors (Lipinski definition) is 4. The molecule has 0 bridgehead atoms. The van der Waals surface area contributed by atoms with Gasteiger partial charge in [-0.3, -0.25) is 0 Å². The standard InChI is InChI=1S/C11H17NO3/c1-7-9-5-12-4-3-8(9)10(6-15-7)11(13)14-2/h6-9,12H,3-5H2,1-2H3. The summed E-state index contributed by atoms with van der Waals surface area (Å²) >= 11 is 0. The van der Waals surface area contributed by atoms with Gasteiger partial charge in [-0.25, -0.2) is 4.79 Å². The van der Waals surface area contributed by atoms with Gasteiger partial charge in [-0.2, -0.15) is 0 Å². The molecular formula is C11H17NO3. The molecule has 3 unspecified atom stereocenters. The Hall–Kier alpha value is -1.03. The Bertz CT molecular complexity index is 288. The fourth-order valence-electron chi connectivity index (χ4n) is 2.45. The summed E-state index contributed by atoms with van der Waals surface area (Å²) in [5.41, 5.74) is 0.696. The minimum absolute atomic E-state index is 0.177. The highest BCUT2D eigenvalue weighted by atomic mass is 16.5. The summed E-state index contributed by atoms with van der Waals surface area (Å²) in [7, 11) is 1.41. The van der Waals surface area contributed by atoms with Crippen LogP contribution in [0.2, 0.25) is 0 Å². The van der Waals surface area contributed by atoms with Gasteiger partial charge in [0.25, 0.3) is 0 Å². The number of carbonyl (C=O) groups is 1. The number of fused-ring (bicyclic) bond motifs is 1. The Morgan fingerprint density at radius 1 is 1.67 bits per heavy atom. The van der Waals surface area contributed by atoms with E-state index in [0.717, 1.165) is 19.5 Å². The Balaban J connectivity index is 2.20. The lowest BCUT2D eigenvalue weighted by Crippen LogP contribution is -2.46. The van der Waals surface area contributed by atoms with Crippen molar-refractivity contribution in [2.24, 2.45) is 11.8 Å². The van der Waals surface area contributed by atoms with E-state index in [1.807, 2.05) is 0 Å². The number of nitrogens with one attached hydrogen (secondary N) is 1. The smallest absolute Gasteiger partial charge is 0.337 e. The van der Waals surface area contributed by atoms with Crippen LogP contribution in [0.5, 0.6) is 0 Å². The predicted molar refractivity (Wildman–Crippen MR) is 55.1 cm³/mol. The molecule has 2 aliphatic rings. The van der Waals surface area contributed by atoms with Gasteiger partial charge in [0.1, 0.15) is 0 Å². The molecule has 0 aromatic carbocycles. The van der Waals surface area contributed by atoms with Gasteiger partial charge in [0.2, 0.25) is 0 Å². The summed E-state index contributed by atoms with van der Waals surface area (Å²) in [5, 5.41) is 3.33. The Morgan fingerprint density at radius 3 is 3.20 bits per heavy atom. The number of rotatable bonds is 1. The molecule has 0 amide bonds. The molecule has 2 aliphatic heterocycles. The van der Waals surface area contributed by atoms with Gasteiger partial charge >= 0.3 is 5.97 Å². The highest BCUT2D eigenvalue weighted by molar-refractivity contribution is 5.88. The topological polar surface area (TPSA) is 47.6 Å². The third kappa shape index (κ3) is 1.86. The first kappa shape index (κ1) is 10.5. The van der Waals surface area contributed by atoms with Crippen LogP contribution in [0.25, 0.3) is 0 Å². The van der Waals surface area contributed by atoms with Crippen LogP contribution in [0.15, 0.2) is 11.8 Å². The first-order valence-electron chi connectivity index (χ1n) is 5.38. The molecule has 0 aliphatic carbocycles. The Labute approximate surface area is 89.6 Å². The molecule has 4 heteroatoms. The molecule has 1 fully saturated rings. The van der Waals surface area contributed by atoms with Gasteiger partial charge in [-0.15, -0.1) is 0 Å². The Morgan fingerprint density at radius 2 is 2.47 bits per heavy atom. The SMILES string of the molecule is COC(=O)C1=COC(C)C2CNCCC12. The Kier molecular flexibility index (Phi) is 2.95. The normalized spacial score (nSPS) is 34.8. The summed E-state index contributed by atoms with van der Waals surface area (Å²) in [5.74, 6) is 0.430. The van der Waals surface area contributed by atoms with Crippen molar-refractivity contribution in [2.45, 2.75) is 19.4 Å². The molecule has 15 heavy (non-hydrogen) atoms. The zero-order valence-electron chi connectivity index (χ0n) is 9.16. The van der Waals surface area contributed by atoms with Crippen LogP contribution in [0.1, 0.15) is 13.3 Å². The number of esters is 1. The van der Waals surface area contributed by atoms with Crippen LogP contribution in [-0.2, 0) is 14.3 Å². The van der Waals surface area contributed by atoms with Gasteiger partial charge < -0.3 is 14.8 Å². The van der Waals surface area contributed by atoms with Gasteiger partial charge in [-0.05, 0) is 19.9 Å². The van der Waals surface area contributed by atoms with E-state index in [4.69, 9.17) is 9.47 Å². The van der Waals surface area contributed by atoms with E-state index in [2.05, 4.69) is 12.2 Å². The molecule has 0 saturated carbocycles. The minimum atomic E-state index is -0.251. The molecule has 1 N–H and O–H groups in total. The largest absolute Gasteiger partial charge is 0.497 e. The van der Waals surface area contributed by atoms with Crippen LogP contribution in [-0.4, -0.2) is 32.3 Å². The quantitative estimate of drug-likeness (QED) is 0.648. The first-order chi connectivity index (χ1) is 7.24. The number of ether oxygens (including phenoxy) is 2. The molecule has 0 aromatic heterocycles. The molecule has 2 rings (SSSR count). The molecule has 0 spiro atoms. The van der Waals surface area contributed by atoms with Crippen molar-refractivity contribution >= 4 is 5.97 Å². The van der Waals surface area contributed by atoms with E-state index in [9.17, 15) is 4.79 Å². The average Bonchev–Trinajstić information content (AvgIpc) is 2.29. The van der Waals surface area contributed by atoms with Crippen LogP contribution in [0.4, 0.5) is 0 Å². The summed E-state index contributed by atoms with van der Waals surface area (Å²) < 4.78 is 10.2. The molecular weight excluding hydrogens is 194 g/mol. The third-order valence-corrected chi connectivity index (χ3v) is 3.36. The van der Waals surface area contributed by atoms with E-state index in [1.165, 1.54) is 7.11 Å². The molecule has 1 saturated heterocycles. The van der Waals surface area contributed by atoms with Crippen molar-refractivity contribution in [3.05, 3.63) is 11.8 Å². The number of carbonyl (C=O) groups excluding carboxylic acids is 1. The second kappa shape index (κ2) is 4.23. The predicted octanol–water partition coefficient (Wildman–Crippen LogP) is 0.688. The molecule has 4 nitrogen and oxygen atoms in total. The fraction of sp³-hybridized carbons (Fsp3) is 0.727. The number of piperidine rings is 1. The van der Waals surface area contributed by atoms with E-state index in [0.29, 0.717) is 17.4 Å². The van der Waals surface area contributed by atoms with E-state index < -0.39 is 0 Å². The number of methoxy groups -OCH3 is 1. The second-order valence-electron chi connectivity index (χ2n) is 4.17. The van der Waals surface area contributed by atoms with Crippen molar-refractivity contribution < 1.29 is 14.3 Å². The summed E-state index contributed by atoms with van der Waals surface area (Å²) in [4.78, 5) is 11.5. The van der Waals surface area contributed by atoms with Crippen molar-refractivity contribution in [2.75, 3.05) is 20.2 Å². The summed E-state index contributed by atoms with van der Waals surface area (Å²) in [6.07, 6.45) is 2.75. The van der Waals surface area contributed by atoms with Gasteiger partial charge in [0.05, 0.1) is 25.0 Å². The molecule has 84 valence electrons. The van der Waals surface area contributed by atoms with Gasteiger partial charge in [0, 0.05) is 18.4 Å². The fourth-order valence-corrected chi connectivity index (χ4v) is 2.45. The van der Waals surface area contributed by atoms with Crippen LogP contribution in [0, 0.1) is 11.8 Å². The lowest BCUT2D eigenvalue weighted by atomic mass is 9.77. The van der Waals surface area contributed by atoms with E-state index >= 15 is 0 Å². The first-order valence-corrected chi connectivity index (χ1v) is 5.38. The van der Waals surface area contributed by atoms with E-state index in [1.54, 1.807) is 6.26 Å². The maximum absolute atomic E-state index is 11.5. The average molecular weight is 211 g/mol. The molecule has 0 aromatic rings. The minimum Gasteiger partial charge on any atom is -0.497 e. The van der Waals surface area contributed by atoms with Gasteiger partial charge in [-0.1, -0.05) is 0 Å². The second-order valence-corrected chi connectivity index (χ2v) is 4.17. The summed E-state index contributed by atoms with van der Waals surface area (Å²) in [6, 6.07) is 0. The molecule has 2 heterocycles. The van der Waals surface area contributed by atoms with Crippen molar-refractivity contribution in [3.63, 3.8) is 0 Å². The molecule has 3 atom stereocenters. The van der Waals surface area contributed by atoms with Crippen molar-refractivity contribution in [1.29, 1.82) is 0 Å². The lowest BCUT2D eigenvalue weighted by molar-refractivity contribution is -0.138. The lowest BCUT2D eigenvalue weighted by Gasteiger charge is -2.39. The number of hydrogen-bond donors (Lipinski definition) is 1. The van der Waals surface area contributed by atoms with Crippen LogP contribution < -0.4 is 5.32 Å².